The number of hydrazine groups is 1. The number of nitrogens with zero attached hydrogens (tertiary/aromatic N) is 2. The van der Waals surface area contributed by atoms with E-state index in [1.807, 2.05) is 0 Å². The molecule has 1 heterocycles. The molecule has 3 N–H and O–H groups in total. The zero-order valence-electron chi connectivity index (χ0n) is 9.14. The molecule has 0 saturated heterocycles. The topological polar surface area (TPSA) is 63.8 Å². The maximum absolute atomic E-state index is 5.35. The molecule has 0 atom stereocenters. The number of aromatic nitrogens is 2. The maximum atomic E-state index is 5.35. The van der Waals surface area contributed by atoms with Gasteiger partial charge in [-0.2, -0.15) is 0 Å². The van der Waals surface area contributed by atoms with Crippen molar-refractivity contribution in [2.75, 3.05) is 5.43 Å². The van der Waals surface area contributed by atoms with E-state index < -0.39 is 0 Å². The summed E-state index contributed by atoms with van der Waals surface area (Å²) in [6.07, 6.45) is 1.48. The van der Waals surface area contributed by atoms with E-state index >= 15 is 0 Å². The molecule has 0 bridgehead atoms. The molecule has 17 heavy (non-hydrogen) atoms. The molecule has 0 spiro atoms. The van der Waals surface area contributed by atoms with E-state index in [0.717, 1.165) is 14.4 Å². The van der Waals surface area contributed by atoms with Gasteiger partial charge < -0.3 is 5.43 Å². The Morgan fingerprint density at radius 2 is 1.94 bits per heavy atom. The van der Waals surface area contributed by atoms with Crippen molar-refractivity contribution in [3.63, 3.8) is 0 Å². The Morgan fingerprint density at radius 3 is 2.59 bits per heavy atom. The second-order valence-corrected chi connectivity index (χ2v) is 5.26. The second-order valence-electron chi connectivity index (χ2n) is 3.40. The van der Waals surface area contributed by atoms with Crippen LogP contribution in [-0.4, -0.2) is 9.97 Å². The van der Waals surface area contributed by atoms with E-state index in [-0.39, 0.29) is 0 Å². The molecule has 0 unspecified atom stereocenters. The van der Waals surface area contributed by atoms with Crippen molar-refractivity contribution in [1.29, 1.82) is 0 Å². The van der Waals surface area contributed by atoms with Gasteiger partial charge in [0.2, 0.25) is 0 Å². The smallest absolute Gasteiger partial charge is 0.158 e. The first-order chi connectivity index (χ1) is 8.20. The summed E-state index contributed by atoms with van der Waals surface area (Å²) in [5.74, 6) is 5.93. The number of rotatable bonds is 3. The third kappa shape index (κ3) is 2.96. The fourth-order valence-corrected chi connectivity index (χ4v) is 2.59. The Morgan fingerprint density at radius 1 is 1.24 bits per heavy atom. The Balaban J connectivity index is 2.27. The Bertz CT molecular complexity index is 515. The molecular formula is C11H11BrN4S. The standard InChI is InChI=1S/C11H11BrN4S/c1-7-2-4-8(5-3-7)17-11-9(12)10(16-13)14-6-15-11/h2-6H,13H2,1H3,(H,14,15,16). The first kappa shape index (κ1) is 12.3. The molecule has 0 aliphatic heterocycles. The van der Waals surface area contributed by atoms with Crippen LogP contribution in [0.1, 0.15) is 5.56 Å². The molecule has 88 valence electrons. The third-order valence-electron chi connectivity index (χ3n) is 2.13. The van der Waals surface area contributed by atoms with Crippen LogP contribution >= 0.6 is 27.7 Å². The van der Waals surface area contributed by atoms with Crippen molar-refractivity contribution in [3.05, 3.63) is 40.6 Å². The van der Waals surface area contributed by atoms with Crippen LogP contribution in [0.2, 0.25) is 0 Å². The quantitative estimate of drug-likeness (QED) is 0.518. The summed E-state index contributed by atoms with van der Waals surface area (Å²) in [5.41, 5.74) is 3.76. The number of hydrogen-bond donors (Lipinski definition) is 2. The van der Waals surface area contributed by atoms with E-state index in [2.05, 4.69) is 62.5 Å². The third-order valence-corrected chi connectivity index (χ3v) is 4.15. The molecule has 0 saturated carbocycles. The maximum Gasteiger partial charge on any atom is 0.158 e. The minimum absolute atomic E-state index is 0.578. The molecule has 0 amide bonds. The van der Waals surface area contributed by atoms with Crippen LogP contribution in [-0.2, 0) is 0 Å². The van der Waals surface area contributed by atoms with Crippen LogP contribution in [0.5, 0.6) is 0 Å². The zero-order chi connectivity index (χ0) is 12.3. The van der Waals surface area contributed by atoms with E-state index in [1.54, 1.807) is 11.8 Å². The fourth-order valence-electron chi connectivity index (χ4n) is 1.24. The summed E-state index contributed by atoms with van der Waals surface area (Å²) in [4.78, 5) is 9.34. The van der Waals surface area contributed by atoms with Crippen molar-refractivity contribution >= 4 is 33.5 Å². The summed E-state index contributed by atoms with van der Waals surface area (Å²) in [6, 6.07) is 8.26. The molecule has 4 nitrogen and oxygen atoms in total. The van der Waals surface area contributed by atoms with Gasteiger partial charge in [0, 0.05) is 4.90 Å². The van der Waals surface area contributed by atoms with Gasteiger partial charge >= 0.3 is 0 Å². The van der Waals surface area contributed by atoms with Gasteiger partial charge in [0.25, 0.3) is 0 Å². The number of nitrogens with two attached hydrogens (primary N) is 1. The first-order valence-electron chi connectivity index (χ1n) is 4.92. The fraction of sp³-hybridized carbons (Fsp3) is 0.0909. The van der Waals surface area contributed by atoms with Crippen molar-refractivity contribution in [3.8, 4) is 0 Å². The zero-order valence-corrected chi connectivity index (χ0v) is 11.5. The lowest BCUT2D eigenvalue weighted by molar-refractivity contribution is 1.02. The predicted molar refractivity (Wildman–Crippen MR) is 72.8 cm³/mol. The summed E-state index contributed by atoms with van der Waals surface area (Å²) in [7, 11) is 0. The summed E-state index contributed by atoms with van der Waals surface area (Å²) in [5, 5.41) is 0.830. The highest BCUT2D eigenvalue weighted by Crippen LogP contribution is 2.34. The molecule has 2 aromatic rings. The van der Waals surface area contributed by atoms with Crippen molar-refractivity contribution < 1.29 is 0 Å². The van der Waals surface area contributed by atoms with Gasteiger partial charge in [-0.25, -0.2) is 15.8 Å². The number of anilines is 1. The van der Waals surface area contributed by atoms with Gasteiger partial charge in [-0.05, 0) is 35.0 Å². The largest absolute Gasteiger partial charge is 0.307 e. The molecular weight excluding hydrogens is 300 g/mol. The second kappa shape index (κ2) is 5.48. The molecule has 0 aliphatic rings. The highest BCUT2D eigenvalue weighted by Gasteiger charge is 2.08. The molecule has 0 radical (unpaired) electrons. The number of hydrogen-bond acceptors (Lipinski definition) is 5. The van der Waals surface area contributed by atoms with Gasteiger partial charge in [-0.1, -0.05) is 29.5 Å². The molecule has 1 aromatic heterocycles. The van der Waals surface area contributed by atoms with Crippen LogP contribution in [0.3, 0.4) is 0 Å². The highest BCUT2D eigenvalue weighted by atomic mass is 79.9. The van der Waals surface area contributed by atoms with E-state index in [4.69, 9.17) is 5.84 Å². The van der Waals surface area contributed by atoms with Crippen molar-refractivity contribution in [2.24, 2.45) is 5.84 Å². The molecule has 0 fully saturated rings. The van der Waals surface area contributed by atoms with E-state index in [1.165, 1.54) is 11.9 Å². The Labute approximate surface area is 112 Å². The van der Waals surface area contributed by atoms with Crippen LogP contribution in [0.15, 0.2) is 45.0 Å². The number of aryl methyl sites for hydroxylation is 1. The van der Waals surface area contributed by atoms with Gasteiger partial charge in [0.1, 0.15) is 11.4 Å². The van der Waals surface area contributed by atoms with Crippen LogP contribution in [0.25, 0.3) is 0 Å². The molecule has 6 heteroatoms. The number of nitrogens with one attached hydrogen (secondary N) is 1. The highest BCUT2D eigenvalue weighted by molar-refractivity contribution is 9.10. The SMILES string of the molecule is Cc1ccc(Sc2ncnc(NN)c2Br)cc1. The van der Waals surface area contributed by atoms with Gasteiger partial charge in [0.15, 0.2) is 5.82 Å². The normalized spacial score (nSPS) is 10.3. The van der Waals surface area contributed by atoms with Crippen LogP contribution in [0, 0.1) is 6.92 Å². The Kier molecular flexibility index (Phi) is 3.98. The predicted octanol–water partition coefficient (Wildman–Crippen LogP) is 2.98. The van der Waals surface area contributed by atoms with Crippen molar-refractivity contribution in [2.45, 2.75) is 16.8 Å². The summed E-state index contributed by atoms with van der Waals surface area (Å²) < 4.78 is 0.771. The van der Waals surface area contributed by atoms with Crippen LogP contribution in [0.4, 0.5) is 5.82 Å². The minimum atomic E-state index is 0.578. The number of nitrogen functional groups attached to an aromatic ring is 1. The minimum Gasteiger partial charge on any atom is -0.307 e. The average Bonchev–Trinajstić information content (AvgIpc) is 2.35. The van der Waals surface area contributed by atoms with E-state index in [0.29, 0.717) is 5.82 Å². The van der Waals surface area contributed by atoms with Gasteiger partial charge in [-0.15, -0.1) is 0 Å². The monoisotopic (exact) mass is 310 g/mol. The van der Waals surface area contributed by atoms with Crippen molar-refractivity contribution in [1.82, 2.24) is 9.97 Å². The lowest BCUT2D eigenvalue weighted by Crippen LogP contribution is -2.09. The van der Waals surface area contributed by atoms with E-state index in [9.17, 15) is 0 Å². The molecule has 2 rings (SSSR count). The van der Waals surface area contributed by atoms with Crippen LogP contribution < -0.4 is 11.3 Å². The first-order valence-corrected chi connectivity index (χ1v) is 6.53. The lowest BCUT2D eigenvalue weighted by atomic mass is 10.2. The average molecular weight is 311 g/mol. The number of benzene rings is 1. The van der Waals surface area contributed by atoms with Gasteiger partial charge in [-0.3, -0.25) is 0 Å². The number of halogens is 1. The van der Waals surface area contributed by atoms with Gasteiger partial charge in [0.05, 0.1) is 4.47 Å². The lowest BCUT2D eigenvalue weighted by Gasteiger charge is -2.06. The molecule has 0 aliphatic carbocycles. The summed E-state index contributed by atoms with van der Waals surface area (Å²) >= 11 is 4.98. The Hall–Kier alpha value is -1.11. The molecule has 1 aromatic carbocycles. The summed E-state index contributed by atoms with van der Waals surface area (Å²) in [6.45, 7) is 2.06.